The van der Waals surface area contributed by atoms with Crippen molar-refractivity contribution in [1.29, 1.82) is 0 Å². The molecule has 1 aliphatic rings. The fourth-order valence-electron chi connectivity index (χ4n) is 3.35. The monoisotopic (exact) mass is 407 g/mol. The number of pyridine rings is 1. The number of rotatable bonds is 3. The van der Waals surface area contributed by atoms with Gasteiger partial charge in [-0.05, 0) is 36.4 Å². The molecule has 7 nitrogen and oxygen atoms in total. The highest BCUT2D eigenvalue weighted by Crippen LogP contribution is 2.34. The topological polar surface area (TPSA) is 89.2 Å². The van der Waals surface area contributed by atoms with E-state index < -0.39 is 11.3 Å². The normalized spacial score (nSPS) is 16.5. The van der Waals surface area contributed by atoms with Crippen LogP contribution in [0.15, 0.2) is 60.1 Å². The second kappa shape index (κ2) is 7.25. The molecule has 0 aliphatic heterocycles. The van der Waals surface area contributed by atoms with Crippen LogP contribution in [0, 0.1) is 5.41 Å². The minimum Gasteiger partial charge on any atom is -0.287 e. The van der Waals surface area contributed by atoms with Gasteiger partial charge in [-0.2, -0.15) is 10.2 Å². The van der Waals surface area contributed by atoms with E-state index in [4.69, 9.17) is 11.6 Å². The number of carbonyl (C=O) groups is 2. The lowest BCUT2D eigenvalue weighted by Gasteiger charge is -2.30. The quantitative estimate of drug-likeness (QED) is 0.673. The van der Waals surface area contributed by atoms with Gasteiger partial charge in [0.05, 0.1) is 23.1 Å². The second-order valence-electron chi connectivity index (χ2n) is 7.42. The Morgan fingerprint density at radius 1 is 1.17 bits per heavy atom. The molecule has 146 valence electrons. The number of halogens is 1. The van der Waals surface area contributed by atoms with Gasteiger partial charge in [-0.1, -0.05) is 25.4 Å². The van der Waals surface area contributed by atoms with Gasteiger partial charge < -0.3 is 0 Å². The van der Waals surface area contributed by atoms with E-state index in [0.717, 1.165) is 11.4 Å². The molecule has 0 unspecified atom stereocenters. The van der Waals surface area contributed by atoms with Gasteiger partial charge in [-0.15, -0.1) is 0 Å². The molecule has 3 aromatic rings. The zero-order valence-electron chi connectivity index (χ0n) is 15.9. The van der Waals surface area contributed by atoms with Gasteiger partial charge in [0.1, 0.15) is 5.71 Å². The summed E-state index contributed by atoms with van der Waals surface area (Å²) in [4.78, 5) is 29.3. The van der Waals surface area contributed by atoms with Crippen LogP contribution in [-0.2, 0) is 6.42 Å². The van der Waals surface area contributed by atoms with E-state index in [1.165, 1.54) is 12.4 Å². The molecule has 0 spiro atoms. The number of amides is 1. The minimum atomic E-state index is -0.584. The molecule has 0 saturated heterocycles. The van der Waals surface area contributed by atoms with Crippen molar-refractivity contribution in [3.63, 3.8) is 0 Å². The lowest BCUT2D eigenvalue weighted by atomic mass is 9.74. The second-order valence-corrected chi connectivity index (χ2v) is 7.86. The molecule has 2 heterocycles. The Morgan fingerprint density at radius 3 is 2.55 bits per heavy atom. The molecule has 0 radical (unpaired) electrons. The highest BCUT2D eigenvalue weighted by molar-refractivity contribution is 6.48. The molecule has 0 bridgehead atoms. The Kier molecular flexibility index (Phi) is 4.76. The molecule has 0 saturated carbocycles. The number of aromatic nitrogens is 3. The summed E-state index contributed by atoms with van der Waals surface area (Å²) < 4.78 is 1.75. The van der Waals surface area contributed by atoms with E-state index >= 15 is 0 Å². The van der Waals surface area contributed by atoms with Crippen molar-refractivity contribution in [2.24, 2.45) is 10.5 Å². The van der Waals surface area contributed by atoms with Crippen molar-refractivity contribution in [2.75, 3.05) is 0 Å². The van der Waals surface area contributed by atoms with Crippen LogP contribution in [0.2, 0.25) is 5.02 Å². The summed E-state index contributed by atoms with van der Waals surface area (Å²) in [5.41, 5.74) is 4.73. The van der Waals surface area contributed by atoms with Gasteiger partial charge in [0.15, 0.2) is 0 Å². The molecule has 29 heavy (non-hydrogen) atoms. The molecular weight excluding hydrogens is 390 g/mol. The van der Waals surface area contributed by atoms with Crippen molar-refractivity contribution >= 4 is 29.0 Å². The number of fused-ring (bicyclic) bond motifs is 1. The molecule has 2 aromatic heterocycles. The molecule has 1 aliphatic carbocycles. The van der Waals surface area contributed by atoms with Crippen LogP contribution < -0.4 is 5.43 Å². The fraction of sp³-hybridized carbons (Fsp3) is 0.190. The highest BCUT2D eigenvalue weighted by atomic mass is 35.5. The summed E-state index contributed by atoms with van der Waals surface area (Å²) in [5, 5.41) is 9.20. The van der Waals surface area contributed by atoms with Crippen LogP contribution >= 0.6 is 11.6 Å². The van der Waals surface area contributed by atoms with Crippen LogP contribution in [0.25, 0.3) is 5.69 Å². The van der Waals surface area contributed by atoms with Crippen LogP contribution in [0.5, 0.6) is 0 Å². The molecule has 1 amide bonds. The lowest BCUT2D eigenvalue weighted by molar-refractivity contribution is 0.0954. The van der Waals surface area contributed by atoms with E-state index in [1.54, 1.807) is 35.1 Å². The van der Waals surface area contributed by atoms with E-state index in [2.05, 4.69) is 20.6 Å². The summed E-state index contributed by atoms with van der Waals surface area (Å²) in [6, 6.07) is 10.4. The first-order chi connectivity index (χ1) is 13.9. The molecule has 1 aromatic carbocycles. The standard InChI is InChI=1S/C21H18ClN5O2/c1-21(2)11-17-16(12-24-27(17)15-5-3-14(22)4-6-15)18(28)19(21)25-26-20(29)13-7-9-23-10-8-13/h3-10,12H,11H2,1-2H3,(H,26,29). The average molecular weight is 408 g/mol. The largest absolute Gasteiger partial charge is 0.287 e. The number of nitrogens with one attached hydrogen (secondary N) is 1. The van der Waals surface area contributed by atoms with Crippen molar-refractivity contribution in [3.8, 4) is 5.69 Å². The van der Waals surface area contributed by atoms with E-state index in [1.807, 2.05) is 26.0 Å². The fourth-order valence-corrected chi connectivity index (χ4v) is 3.48. The summed E-state index contributed by atoms with van der Waals surface area (Å²) in [6.07, 6.45) is 5.13. The zero-order valence-corrected chi connectivity index (χ0v) is 16.6. The number of benzene rings is 1. The number of hydrogen-bond donors (Lipinski definition) is 1. The predicted octanol–water partition coefficient (Wildman–Crippen LogP) is 3.47. The third-order valence-corrected chi connectivity index (χ3v) is 5.11. The molecule has 0 fully saturated rings. The maximum atomic E-state index is 13.1. The number of carbonyl (C=O) groups excluding carboxylic acids is 2. The van der Waals surface area contributed by atoms with Crippen molar-refractivity contribution in [3.05, 3.63) is 76.8 Å². The van der Waals surface area contributed by atoms with Crippen LogP contribution in [0.4, 0.5) is 0 Å². The third-order valence-electron chi connectivity index (χ3n) is 4.86. The molecule has 0 atom stereocenters. The van der Waals surface area contributed by atoms with E-state index in [-0.39, 0.29) is 5.78 Å². The molecule has 4 rings (SSSR count). The Hall–Kier alpha value is -3.32. The summed E-state index contributed by atoms with van der Waals surface area (Å²) in [7, 11) is 0. The first-order valence-corrected chi connectivity index (χ1v) is 9.41. The maximum absolute atomic E-state index is 13.1. The molecule has 8 heteroatoms. The van der Waals surface area contributed by atoms with Crippen molar-refractivity contribution in [1.82, 2.24) is 20.2 Å². The summed E-state index contributed by atoms with van der Waals surface area (Å²) in [5.74, 6) is -0.641. The Balaban J connectivity index is 1.66. The van der Waals surface area contributed by atoms with Gasteiger partial charge in [-0.25, -0.2) is 10.1 Å². The van der Waals surface area contributed by atoms with Crippen LogP contribution in [0.1, 0.15) is 40.3 Å². The van der Waals surface area contributed by atoms with E-state index in [9.17, 15) is 9.59 Å². The van der Waals surface area contributed by atoms with Crippen LogP contribution in [-0.4, -0.2) is 32.2 Å². The predicted molar refractivity (Wildman–Crippen MR) is 110 cm³/mol. The van der Waals surface area contributed by atoms with E-state index in [0.29, 0.717) is 28.3 Å². The Bertz CT molecular complexity index is 1120. The van der Waals surface area contributed by atoms with Crippen LogP contribution in [0.3, 0.4) is 0 Å². The highest BCUT2D eigenvalue weighted by Gasteiger charge is 2.40. The lowest BCUT2D eigenvalue weighted by Crippen LogP contribution is -2.40. The Morgan fingerprint density at radius 2 is 1.86 bits per heavy atom. The number of ketones is 1. The number of hydrazone groups is 1. The number of hydrogen-bond acceptors (Lipinski definition) is 5. The van der Waals surface area contributed by atoms with Crippen molar-refractivity contribution < 1.29 is 9.59 Å². The van der Waals surface area contributed by atoms with Gasteiger partial charge >= 0.3 is 0 Å². The smallest absolute Gasteiger partial charge is 0.271 e. The number of Topliss-reactive ketones (excluding diaryl/α,β-unsaturated/α-hetero) is 1. The summed E-state index contributed by atoms with van der Waals surface area (Å²) in [6.45, 7) is 3.84. The maximum Gasteiger partial charge on any atom is 0.271 e. The number of nitrogens with zero attached hydrogens (tertiary/aromatic N) is 4. The average Bonchev–Trinajstić information content (AvgIpc) is 3.11. The molecular formula is C21H18ClN5O2. The first-order valence-electron chi connectivity index (χ1n) is 9.03. The Labute approximate surface area is 172 Å². The third kappa shape index (κ3) is 3.56. The van der Waals surface area contributed by atoms with Gasteiger partial charge in [0.25, 0.3) is 5.91 Å². The molecule has 1 N–H and O–H groups in total. The van der Waals surface area contributed by atoms with Crippen molar-refractivity contribution in [2.45, 2.75) is 20.3 Å². The zero-order chi connectivity index (χ0) is 20.6. The SMILES string of the molecule is CC1(C)Cc2c(cnn2-c2ccc(Cl)cc2)C(=O)C1=NNC(=O)c1ccncc1. The minimum absolute atomic E-state index is 0.244. The van der Waals surface area contributed by atoms with Gasteiger partial charge in [0, 0.05) is 34.8 Å². The van der Waals surface area contributed by atoms with Gasteiger partial charge in [-0.3, -0.25) is 14.6 Å². The summed E-state index contributed by atoms with van der Waals surface area (Å²) >= 11 is 5.97. The first kappa shape index (κ1) is 19.0. The van der Waals surface area contributed by atoms with Gasteiger partial charge in [0.2, 0.25) is 5.78 Å².